The monoisotopic (exact) mass is 453 g/mol. The van der Waals surface area contributed by atoms with Crippen molar-refractivity contribution in [3.8, 4) is 6.07 Å². The lowest BCUT2D eigenvalue weighted by Gasteiger charge is -2.43. The van der Waals surface area contributed by atoms with Crippen molar-refractivity contribution >= 4 is 23.2 Å². The van der Waals surface area contributed by atoms with Gasteiger partial charge in [-0.2, -0.15) is 5.26 Å². The highest BCUT2D eigenvalue weighted by Gasteiger charge is 2.35. The van der Waals surface area contributed by atoms with Gasteiger partial charge in [-0.25, -0.2) is 9.59 Å². The number of rotatable bonds is 3. The van der Waals surface area contributed by atoms with Gasteiger partial charge in [0, 0.05) is 45.0 Å². The zero-order valence-corrected chi connectivity index (χ0v) is 18.8. The summed E-state index contributed by atoms with van der Waals surface area (Å²) < 4.78 is 11.9. The van der Waals surface area contributed by atoms with Gasteiger partial charge in [0.05, 0.1) is 31.0 Å². The maximum Gasteiger partial charge on any atom is 0.342 e. The van der Waals surface area contributed by atoms with Crippen molar-refractivity contribution < 1.29 is 19.1 Å². The number of nitrogens with zero attached hydrogens (tertiary/aromatic N) is 5. The van der Waals surface area contributed by atoms with Crippen molar-refractivity contribution in [1.29, 1.82) is 5.26 Å². The Morgan fingerprint density at radius 3 is 2.61 bits per heavy atom. The SMILES string of the molecule is CCOC(=O)c1c(N2CCN(C(=O)N3CCOCC3)CC2C)c(C#N)c(=O)n2ccccc12. The molecule has 2 amide bonds. The predicted molar refractivity (Wildman–Crippen MR) is 121 cm³/mol. The van der Waals surface area contributed by atoms with Gasteiger partial charge in [-0.05, 0) is 26.0 Å². The lowest BCUT2D eigenvalue weighted by atomic mass is 10.0. The number of morpholine rings is 1. The second-order valence-corrected chi connectivity index (χ2v) is 8.06. The van der Waals surface area contributed by atoms with Gasteiger partial charge in [-0.1, -0.05) is 6.07 Å². The summed E-state index contributed by atoms with van der Waals surface area (Å²) in [5, 5.41) is 9.90. The number of esters is 1. The molecule has 10 nitrogen and oxygen atoms in total. The van der Waals surface area contributed by atoms with Crippen LogP contribution in [0.1, 0.15) is 29.8 Å². The first-order chi connectivity index (χ1) is 16.0. The number of piperazine rings is 1. The Morgan fingerprint density at radius 2 is 1.94 bits per heavy atom. The van der Waals surface area contributed by atoms with E-state index in [1.807, 2.05) is 17.9 Å². The number of aromatic nitrogens is 1. The number of nitriles is 1. The molecule has 2 aliphatic rings. The summed E-state index contributed by atoms with van der Waals surface area (Å²) in [6, 6.07) is 6.81. The number of carbonyl (C=O) groups is 2. The van der Waals surface area contributed by atoms with Crippen LogP contribution in [0.15, 0.2) is 29.2 Å². The van der Waals surface area contributed by atoms with Crippen molar-refractivity contribution in [2.24, 2.45) is 0 Å². The van der Waals surface area contributed by atoms with Gasteiger partial charge in [0.2, 0.25) is 0 Å². The molecule has 33 heavy (non-hydrogen) atoms. The zero-order chi connectivity index (χ0) is 23.5. The number of hydrogen-bond donors (Lipinski definition) is 0. The average molecular weight is 453 g/mol. The molecule has 0 saturated carbocycles. The summed E-state index contributed by atoms with van der Waals surface area (Å²) in [5.74, 6) is -0.591. The Kier molecular flexibility index (Phi) is 6.51. The number of ether oxygens (including phenoxy) is 2. The van der Waals surface area contributed by atoms with Crippen LogP contribution in [0, 0.1) is 11.3 Å². The van der Waals surface area contributed by atoms with Crippen LogP contribution >= 0.6 is 0 Å². The first-order valence-corrected chi connectivity index (χ1v) is 11.1. The molecule has 2 fully saturated rings. The summed E-state index contributed by atoms with van der Waals surface area (Å²) in [4.78, 5) is 44.5. The maximum atomic E-state index is 13.1. The number of anilines is 1. The number of fused-ring (bicyclic) bond motifs is 1. The molecule has 174 valence electrons. The van der Waals surface area contributed by atoms with Gasteiger partial charge < -0.3 is 24.2 Å². The minimum Gasteiger partial charge on any atom is -0.462 e. The van der Waals surface area contributed by atoms with Crippen molar-refractivity contribution in [2.45, 2.75) is 19.9 Å². The van der Waals surface area contributed by atoms with Crippen LogP contribution < -0.4 is 10.5 Å². The van der Waals surface area contributed by atoms with Gasteiger partial charge in [0.25, 0.3) is 5.56 Å². The molecule has 0 radical (unpaired) electrons. The van der Waals surface area contributed by atoms with Crippen molar-refractivity contribution in [3.05, 3.63) is 45.9 Å². The first kappa shape index (κ1) is 22.6. The van der Waals surface area contributed by atoms with Gasteiger partial charge in [-0.15, -0.1) is 0 Å². The van der Waals surface area contributed by atoms with E-state index in [1.165, 1.54) is 10.6 Å². The fraction of sp³-hybridized carbons (Fsp3) is 0.478. The minimum absolute atomic E-state index is 0.0468. The molecule has 2 aromatic rings. The molecular formula is C23H27N5O5. The quantitative estimate of drug-likeness (QED) is 0.645. The zero-order valence-electron chi connectivity index (χ0n) is 18.8. The van der Waals surface area contributed by atoms with Gasteiger partial charge >= 0.3 is 12.0 Å². The van der Waals surface area contributed by atoms with E-state index in [4.69, 9.17) is 9.47 Å². The van der Waals surface area contributed by atoms with Crippen LogP contribution in [0.2, 0.25) is 0 Å². The normalized spacial score (nSPS) is 18.8. The Bertz CT molecular complexity index is 1160. The second kappa shape index (κ2) is 9.50. The van der Waals surface area contributed by atoms with E-state index >= 15 is 0 Å². The van der Waals surface area contributed by atoms with E-state index in [1.54, 1.807) is 34.9 Å². The standard InChI is InChI=1S/C23H27N5O5/c1-3-33-22(30)19-18-6-4-5-7-28(18)21(29)17(14-24)20(19)27-9-8-26(15-16(27)2)23(31)25-10-12-32-13-11-25/h4-7,16H,3,8-13,15H2,1-2H3. The number of amides is 2. The fourth-order valence-electron chi connectivity index (χ4n) is 4.50. The van der Waals surface area contributed by atoms with Crippen LogP contribution in [0.25, 0.3) is 5.52 Å². The summed E-state index contributed by atoms with van der Waals surface area (Å²) in [5.41, 5.74) is 0.247. The molecule has 1 unspecified atom stereocenters. The van der Waals surface area contributed by atoms with Gasteiger partial charge in [0.1, 0.15) is 17.2 Å². The summed E-state index contributed by atoms with van der Waals surface area (Å²) in [6.07, 6.45) is 1.54. The highest BCUT2D eigenvalue weighted by Crippen LogP contribution is 2.31. The number of carbonyl (C=O) groups excluding carboxylic acids is 2. The van der Waals surface area contributed by atoms with Gasteiger partial charge in [-0.3, -0.25) is 9.20 Å². The molecule has 0 spiro atoms. The van der Waals surface area contributed by atoms with Crippen LogP contribution in [0.5, 0.6) is 0 Å². The van der Waals surface area contributed by atoms with Crippen LogP contribution in [-0.4, -0.2) is 84.8 Å². The Hall–Kier alpha value is -3.58. The fourth-order valence-corrected chi connectivity index (χ4v) is 4.50. The molecule has 0 N–H and O–H groups in total. The smallest absolute Gasteiger partial charge is 0.342 e. The molecular weight excluding hydrogens is 426 g/mol. The predicted octanol–water partition coefficient (Wildman–Crippen LogP) is 1.31. The molecule has 2 aromatic heterocycles. The van der Waals surface area contributed by atoms with Crippen molar-refractivity contribution in [2.75, 3.05) is 57.4 Å². The van der Waals surface area contributed by atoms with Crippen molar-refractivity contribution in [1.82, 2.24) is 14.2 Å². The highest BCUT2D eigenvalue weighted by atomic mass is 16.5. The lowest BCUT2D eigenvalue weighted by Crippen LogP contribution is -2.58. The molecule has 10 heteroatoms. The molecule has 4 rings (SSSR count). The van der Waals surface area contributed by atoms with E-state index in [0.717, 1.165) is 0 Å². The van der Waals surface area contributed by atoms with Crippen LogP contribution in [0.3, 0.4) is 0 Å². The van der Waals surface area contributed by atoms with E-state index in [9.17, 15) is 19.6 Å². The summed E-state index contributed by atoms with van der Waals surface area (Å²) in [6.45, 7) is 7.13. The summed E-state index contributed by atoms with van der Waals surface area (Å²) >= 11 is 0. The first-order valence-electron chi connectivity index (χ1n) is 11.1. The number of hydrogen-bond acceptors (Lipinski definition) is 7. The van der Waals surface area contributed by atoms with E-state index < -0.39 is 11.5 Å². The summed E-state index contributed by atoms with van der Waals surface area (Å²) in [7, 11) is 0. The van der Waals surface area contributed by atoms with E-state index in [0.29, 0.717) is 51.5 Å². The van der Waals surface area contributed by atoms with Crippen LogP contribution in [-0.2, 0) is 9.47 Å². The Labute approximate surface area is 191 Å². The van der Waals surface area contributed by atoms with Crippen molar-refractivity contribution in [3.63, 3.8) is 0 Å². The van der Waals surface area contributed by atoms with Gasteiger partial charge in [0.15, 0.2) is 0 Å². The Balaban J connectivity index is 1.74. The second-order valence-electron chi connectivity index (χ2n) is 8.06. The topological polar surface area (TPSA) is 108 Å². The molecule has 0 bridgehead atoms. The molecule has 4 heterocycles. The molecule has 2 aliphatic heterocycles. The third-order valence-electron chi connectivity index (χ3n) is 6.08. The van der Waals surface area contributed by atoms with Crippen LogP contribution in [0.4, 0.5) is 10.5 Å². The molecule has 1 atom stereocenters. The Morgan fingerprint density at radius 1 is 1.18 bits per heavy atom. The average Bonchev–Trinajstić information content (AvgIpc) is 2.84. The molecule has 0 aromatic carbocycles. The highest BCUT2D eigenvalue weighted by molar-refractivity contribution is 6.04. The number of pyridine rings is 2. The van der Waals surface area contributed by atoms with E-state index in [-0.39, 0.29) is 35.5 Å². The minimum atomic E-state index is -0.591. The number of urea groups is 1. The molecule has 2 saturated heterocycles. The third-order valence-corrected chi connectivity index (χ3v) is 6.08. The molecule has 0 aliphatic carbocycles. The maximum absolute atomic E-state index is 13.1. The third kappa shape index (κ3) is 4.12. The van der Waals surface area contributed by atoms with E-state index in [2.05, 4.69) is 0 Å². The largest absolute Gasteiger partial charge is 0.462 e. The lowest BCUT2D eigenvalue weighted by molar-refractivity contribution is 0.0418.